The summed E-state index contributed by atoms with van der Waals surface area (Å²) in [6.45, 7) is 0.775. The van der Waals surface area contributed by atoms with E-state index in [1.54, 1.807) is 18.6 Å². The number of aromatic nitrogens is 2. The van der Waals surface area contributed by atoms with Crippen LogP contribution in [0, 0.1) is 0 Å². The Balaban J connectivity index is 2.00. The van der Waals surface area contributed by atoms with Crippen LogP contribution in [0.5, 0.6) is 0 Å². The Bertz CT molecular complexity index is 314. The van der Waals surface area contributed by atoms with Gasteiger partial charge in [-0.1, -0.05) is 0 Å². The molecule has 1 aromatic rings. The number of carbonyl (C=O) groups excluding carboxylic acids is 1. The predicted octanol–water partition coefficient (Wildman–Crippen LogP) is 0.167. The second-order valence-electron chi connectivity index (χ2n) is 3.22. The predicted molar refractivity (Wildman–Crippen MR) is 51.7 cm³/mol. The molecule has 1 aliphatic heterocycles. The third-order valence-corrected chi connectivity index (χ3v) is 2.17. The van der Waals surface area contributed by atoms with Crippen LogP contribution in [0.2, 0.25) is 0 Å². The first-order chi connectivity index (χ1) is 6.86. The highest BCUT2D eigenvalue weighted by molar-refractivity contribution is 5.84. The van der Waals surface area contributed by atoms with Crippen molar-refractivity contribution in [3.63, 3.8) is 0 Å². The monoisotopic (exact) mass is 192 g/mol. The summed E-state index contributed by atoms with van der Waals surface area (Å²) in [5.74, 6) is 0.691. The highest BCUT2D eigenvalue weighted by Gasteiger charge is 2.21. The van der Waals surface area contributed by atoms with E-state index in [2.05, 4.69) is 20.6 Å². The minimum absolute atomic E-state index is 0.0434. The molecule has 1 atom stereocenters. The van der Waals surface area contributed by atoms with Gasteiger partial charge >= 0.3 is 0 Å². The van der Waals surface area contributed by atoms with Gasteiger partial charge in [0.15, 0.2) is 0 Å². The number of carbonyl (C=O) groups is 1. The van der Waals surface area contributed by atoms with Gasteiger partial charge in [-0.2, -0.15) is 0 Å². The maximum atomic E-state index is 11.4. The molecule has 1 aliphatic rings. The number of nitrogens with one attached hydrogen (secondary N) is 2. The molecule has 2 rings (SSSR count). The molecule has 1 unspecified atom stereocenters. The number of anilines is 1. The number of hydrogen-bond donors (Lipinski definition) is 2. The molecule has 2 heterocycles. The molecule has 1 saturated heterocycles. The molecule has 14 heavy (non-hydrogen) atoms. The van der Waals surface area contributed by atoms with E-state index in [0.29, 0.717) is 5.82 Å². The van der Waals surface area contributed by atoms with E-state index in [9.17, 15) is 4.79 Å². The third-order valence-electron chi connectivity index (χ3n) is 2.17. The molecule has 0 aliphatic carbocycles. The molecule has 0 bridgehead atoms. The first kappa shape index (κ1) is 8.93. The van der Waals surface area contributed by atoms with Gasteiger partial charge in [-0.3, -0.25) is 9.78 Å². The minimum Gasteiger partial charge on any atom is -0.357 e. The Morgan fingerprint density at radius 3 is 3.14 bits per heavy atom. The van der Waals surface area contributed by atoms with Gasteiger partial charge in [-0.05, 0) is 12.8 Å². The third kappa shape index (κ3) is 1.99. The van der Waals surface area contributed by atoms with Crippen molar-refractivity contribution in [2.45, 2.75) is 18.9 Å². The quantitative estimate of drug-likeness (QED) is 0.700. The first-order valence-corrected chi connectivity index (χ1v) is 4.66. The largest absolute Gasteiger partial charge is 0.357 e. The van der Waals surface area contributed by atoms with Crippen LogP contribution in [-0.2, 0) is 4.79 Å². The zero-order valence-corrected chi connectivity index (χ0v) is 7.73. The van der Waals surface area contributed by atoms with Gasteiger partial charge in [0, 0.05) is 18.9 Å². The summed E-state index contributed by atoms with van der Waals surface area (Å²) in [5.41, 5.74) is 0. The lowest BCUT2D eigenvalue weighted by molar-refractivity contribution is -0.123. The van der Waals surface area contributed by atoms with Crippen molar-refractivity contribution < 1.29 is 4.79 Å². The smallest absolute Gasteiger partial charge is 0.242 e. The van der Waals surface area contributed by atoms with E-state index in [1.165, 1.54) is 0 Å². The van der Waals surface area contributed by atoms with Crippen LogP contribution in [0.25, 0.3) is 0 Å². The lowest BCUT2D eigenvalue weighted by Gasteiger charge is -2.22. The maximum Gasteiger partial charge on any atom is 0.242 e. The van der Waals surface area contributed by atoms with Gasteiger partial charge in [0.05, 0.1) is 6.20 Å². The van der Waals surface area contributed by atoms with Gasteiger partial charge in [0.25, 0.3) is 0 Å². The Kier molecular flexibility index (Phi) is 2.58. The molecular weight excluding hydrogens is 180 g/mol. The molecule has 1 fully saturated rings. The molecule has 1 aromatic heterocycles. The Hall–Kier alpha value is -1.65. The summed E-state index contributed by atoms with van der Waals surface area (Å²) in [7, 11) is 0. The van der Waals surface area contributed by atoms with Gasteiger partial charge in [-0.25, -0.2) is 4.98 Å². The fraction of sp³-hybridized carbons (Fsp3) is 0.444. The average Bonchev–Trinajstić information content (AvgIpc) is 2.23. The van der Waals surface area contributed by atoms with Gasteiger partial charge in [0.1, 0.15) is 11.9 Å². The van der Waals surface area contributed by atoms with Crippen LogP contribution in [-0.4, -0.2) is 28.5 Å². The summed E-state index contributed by atoms with van der Waals surface area (Å²) in [6.07, 6.45) is 6.67. The number of hydrogen-bond acceptors (Lipinski definition) is 4. The van der Waals surface area contributed by atoms with Crippen LogP contribution in [0.15, 0.2) is 18.6 Å². The minimum atomic E-state index is -0.166. The molecular formula is C9H12N4O. The summed E-state index contributed by atoms with van der Waals surface area (Å²) in [6, 6.07) is -0.166. The van der Waals surface area contributed by atoms with E-state index < -0.39 is 0 Å². The van der Waals surface area contributed by atoms with E-state index in [1.807, 2.05) is 0 Å². The van der Waals surface area contributed by atoms with Crippen molar-refractivity contribution in [2.75, 3.05) is 11.9 Å². The highest BCUT2D eigenvalue weighted by Crippen LogP contribution is 2.08. The fourth-order valence-corrected chi connectivity index (χ4v) is 1.46. The molecule has 0 spiro atoms. The van der Waals surface area contributed by atoms with E-state index in [4.69, 9.17) is 0 Å². The summed E-state index contributed by atoms with van der Waals surface area (Å²) < 4.78 is 0. The zero-order chi connectivity index (χ0) is 9.80. The second kappa shape index (κ2) is 4.04. The van der Waals surface area contributed by atoms with E-state index in [-0.39, 0.29) is 11.9 Å². The Morgan fingerprint density at radius 2 is 2.43 bits per heavy atom. The molecule has 74 valence electrons. The second-order valence-corrected chi connectivity index (χ2v) is 3.22. The van der Waals surface area contributed by atoms with Crippen LogP contribution in [0.4, 0.5) is 5.82 Å². The van der Waals surface area contributed by atoms with Crippen LogP contribution in [0.3, 0.4) is 0 Å². The van der Waals surface area contributed by atoms with Crippen molar-refractivity contribution in [2.24, 2.45) is 0 Å². The Morgan fingerprint density at radius 1 is 1.50 bits per heavy atom. The molecule has 1 amide bonds. The molecule has 2 N–H and O–H groups in total. The zero-order valence-electron chi connectivity index (χ0n) is 7.73. The van der Waals surface area contributed by atoms with Gasteiger partial charge < -0.3 is 10.6 Å². The van der Waals surface area contributed by atoms with Crippen molar-refractivity contribution in [1.29, 1.82) is 0 Å². The van der Waals surface area contributed by atoms with Crippen LogP contribution >= 0.6 is 0 Å². The summed E-state index contributed by atoms with van der Waals surface area (Å²) in [5, 5.41) is 5.85. The lowest BCUT2D eigenvalue weighted by Crippen LogP contribution is -2.44. The maximum absolute atomic E-state index is 11.4. The number of amides is 1. The van der Waals surface area contributed by atoms with Gasteiger partial charge in [0.2, 0.25) is 5.91 Å². The molecule has 5 nitrogen and oxygen atoms in total. The standard InChI is InChI=1S/C9H12N4O/c14-9-7(2-1-3-12-9)13-8-6-10-4-5-11-8/h4-7H,1-3H2,(H,11,13)(H,12,14). The van der Waals surface area contributed by atoms with Gasteiger partial charge in [-0.15, -0.1) is 0 Å². The van der Waals surface area contributed by atoms with E-state index >= 15 is 0 Å². The van der Waals surface area contributed by atoms with Crippen molar-refractivity contribution in [3.05, 3.63) is 18.6 Å². The number of rotatable bonds is 2. The molecule has 0 radical (unpaired) electrons. The summed E-state index contributed by atoms with van der Waals surface area (Å²) in [4.78, 5) is 19.3. The van der Waals surface area contributed by atoms with E-state index in [0.717, 1.165) is 19.4 Å². The molecule has 0 aromatic carbocycles. The average molecular weight is 192 g/mol. The normalized spacial score (nSPS) is 21.4. The highest BCUT2D eigenvalue weighted by atomic mass is 16.2. The molecule has 5 heteroatoms. The van der Waals surface area contributed by atoms with Crippen molar-refractivity contribution in [3.8, 4) is 0 Å². The Labute approximate surface area is 82.0 Å². The lowest BCUT2D eigenvalue weighted by atomic mass is 10.1. The van der Waals surface area contributed by atoms with Crippen LogP contribution in [0.1, 0.15) is 12.8 Å². The molecule has 0 saturated carbocycles. The number of piperidine rings is 1. The number of nitrogens with zero attached hydrogens (tertiary/aromatic N) is 2. The van der Waals surface area contributed by atoms with Crippen LogP contribution < -0.4 is 10.6 Å². The first-order valence-electron chi connectivity index (χ1n) is 4.66. The summed E-state index contributed by atoms with van der Waals surface area (Å²) >= 11 is 0. The SMILES string of the molecule is O=C1NCCCC1Nc1cnccn1. The topological polar surface area (TPSA) is 66.9 Å². The fourth-order valence-electron chi connectivity index (χ4n) is 1.46. The van der Waals surface area contributed by atoms with Crippen molar-refractivity contribution in [1.82, 2.24) is 15.3 Å². The van der Waals surface area contributed by atoms with Crippen molar-refractivity contribution >= 4 is 11.7 Å².